The first-order valence-corrected chi connectivity index (χ1v) is 7.15. The second-order valence-electron chi connectivity index (χ2n) is 4.82. The molecular formula is C15H18N4OS. The molecule has 0 aliphatic heterocycles. The molecule has 2 rings (SSSR count). The summed E-state index contributed by atoms with van der Waals surface area (Å²) in [5.74, 6) is -0.114. The van der Waals surface area contributed by atoms with E-state index in [1.165, 1.54) is 5.56 Å². The Morgan fingerprint density at radius 3 is 2.86 bits per heavy atom. The predicted octanol–water partition coefficient (Wildman–Crippen LogP) is 1.71. The highest BCUT2D eigenvalue weighted by atomic mass is 32.1. The molecule has 0 saturated heterocycles. The SMILES string of the molecule is Cc1[nH]ncc1CCCNC(=O)c1cccc(C(N)=S)c1. The van der Waals surface area contributed by atoms with E-state index in [0.717, 1.165) is 18.5 Å². The van der Waals surface area contributed by atoms with E-state index < -0.39 is 0 Å². The van der Waals surface area contributed by atoms with Crippen LogP contribution in [0.2, 0.25) is 0 Å². The number of aromatic amines is 1. The Morgan fingerprint density at radius 2 is 2.19 bits per heavy atom. The lowest BCUT2D eigenvalue weighted by molar-refractivity contribution is 0.0953. The zero-order valence-corrected chi connectivity index (χ0v) is 12.7. The molecule has 1 aromatic heterocycles. The summed E-state index contributed by atoms with van der Waals surface area (Å²) in [6.07, 6.45) is 3.57. The molecule has 0 unspecified atom stereocenters. The lowest BCUT2D eigenvalue weighted by atomic mass is 10.1. The van der Waals surface area contributed by atoms with Crippen LogP contribution in [0.3, 0.4) is 0 Å². The maximum Gasteiger partial charge on any atom is 0.251 e. The van der Waals surface area contributed by atoms with Gasteiger partial charge in [0.05, 0.1) is 6.20 Å². The Morgan fingerprint density at radius 1 is 1.43 bits per heavy atom. The van der Waals surface area contributed by atoms with Gasteiger partial charge in [0.1, 0.15) is 4.99 Å². The highest BCUT2D eigenvalue weighted by Gasteiger charge is 2.07. The summed E-state index contributed by atoms with van der Waals surface area (Å²) in [5.41, 5.74) is 9.09. The van der Waals surface area contributed by atoms with Crippen molar-refractivity contribution in [2.24, 2.45) is 5.73 Å². The van der Waals surface area contributed by atoms with Crippen LogP contribution in [0.5, 0.6) is 0 Å². The number of amides is 1. The minimum Gasteiger partial charge on any atom is -0.389 e. The number of nitrogens with one attached hydrogen (secondary N) is 2. The van der Waals surface area contributed by atoms with E-state index in [9.17, 15) is 4.79 Å². The van der Waals surface area contributed by atoms with Crippen molar-refractivity contribution in [3.05, 3.63) is 52.8 Å². The van der Waals surface area contributed by atoms with Gasteiger partial charge in [0.25, 0.3) is 5.91 Å². The number of carbonyl (C=O) groups excluding carboxylic acids is 1. The number of aromatic nitrogens is 2. The number of nitrogens with two attached hydrogens (primary N) is 1. The highest BCUT2D eigenvalue weighted by molar-refractivity contribution is 7.80. The zero-order valence-electron chi connectivity index (χ0n) is 11.8. The molecule has 21 heavy (non-hydrogen) atoms. The number of carbonyl (C=O) groups is 1. The standard InChI is InChI=1S/C15H18N4OS/c1-10-13(9-18-19-10)6-3-7-17-15(20)12-5-2-4-11(8-12)14(16)21/h2,4-5,8-9H,3,6-7H2,1H3,(H2,16,21)(H,17,20)(H,18,19). The van der Waals surface area contributed by atoms with Gasteiger partial charge in [0.2, 0.25) is 0 Å². The van der Waals surface area contributed by atoms with Crippen LogP contribution >= 0.6 is 12.2 Å². The van der Waals surface area contributed by atoms with Crippen LogP contribution in [0.25, 0.3) is 0 Å². The minimum absolute atomic E-state index is 0.114. The molecule has 0 atom stereocenters. The third-order valence-corrected chi connectivity index (χ3v) is 3.49. The summed E-state index contributed by atoms with van der Waals surface area (Å²) in [6, 6.07) is 7.02. The molecule has 0 aliphatic carbocycles. The smallest absolute Gasteiger partial charge is 0.251 e. The van der Waals surface area contributed by atoms with Crippen LogP contribution in [0, 0.1) is 6.92 Å². The van der Waals surface area contributed by atoms with Gasteiger partial charge in [0.15, 0.2) is 0 Å². The summed E-state index contributed by atoms with van der Waals surface area (Å²) >= 11 is 4.91. The first-order valence-electron chi connectivity index (χ1n) is 6.75. The quantitative estimate of drug-likeness (QED) is 0.560. The van der Waals surface area contributed by atoms with Gasteiger partial charge in [0, 0.05) is 23.4 Å². The number of hydrogen-bond donors (Lipinski definition) is 3. The van der Waals surface area contributed by atoms with Crippen molar-refractivity contribution in [2.45, 2.75) is 19.8 Å². The van der Waals surface area contributed by atoms with Crippen molar-refractivity contribution >= 4 is 23.1 Å². The van der Waals surface area contributed by atoms with Crippen molar-refractivity contribution in [1.29, 1.82) is 0 Å². The summed E-state index contributed by atoms with van der Waals surface area (Å²) in [5, 5.41) is 9.77. The lowest BCUT2D eigenvalue weighted by Gasteiger charge is -2.06. The molecule has 5 nitrogen and oxygen atoms in total. The second-order valence-corrected chi connectivity index (χ2v) is 5.26. The lowest BCUT2D eigenvalue weighted by Crippen LogP contribution is -2.25. The topological polar surface area (TPSA) is 83.8 Å². The van der Waals surface area contributed by atoms with Gasteiger partial charge in [-0.2, -0.15) is 5.10 Å². The fraction of sp³-hybridized carbons (Fsp3) is 0.267. The van der Waals surface area contributed by atoms with E-state index in [1.54, 1.807) is 24.3 Å². The summed E-state index contributed by atoms with van der Waals surface area (Å²) in [4.78, 5) is 12.3. The van der Waals surface area contributed by atoms with Gasteiger partial charge in [-0.15, -0.1) is 0 Å². The highest BCUT2D eigenvalue weighted by Crippen LogP contribution is 2.07. The molecule has 0 aliphatic rings. The molecule has 0 spiro atoms. The van der Waals surface area contributed by atoms with Crippen LogP contribution in [-0.4, -0.2) is 27.6 Å². The Kier molecular flexibility index (Phi) is 5.05. The van der Waals surface area contributed by atoms with Crippen LogP contribution in [0.1, 0.15) is 33.6 Å². The summed E-state index contributed by atoms with van der Waals surface area (Å²) < 4.78 is 0. The molecule has 4 N–H and O–H groups in total. The van der Waals surface area contributed by atoms with Crippen LogP contribution in [-0.2, 0) is 6.42 Å². The first kappa shape index (κ1) is 15.2. The van der Waals surface area contributed by atoms with Crippen molar-refractivity contribution in [2.75, 3.05) is 6.54 Å². The molecule has 0 radical (unpaired) electrons. The molecule has 1 aromatic carbocycles. The van der Waals surface area contributed by atoms with Gasteiger partial charge < -0.3 is 11.1 Å². The largest absolute Gasteiger partial charge is 0.389 e. The predicted molar refractivity (Wildman–Crippen MR) is 86.3 cm³/mol. The average Bonchev–Trinajstić information content (AvgIpc) is 2.89. The van der Waals surface area contributed by atoms with Crippen molar-refractivity contribution in [3.8, 4) is 0 Å². The number of nitrogens with zero attached hydrogens (tertiary/aromatic N) is 1. The van der Waals surface area contributed by atoms with Gasteiger partial charge in [-0.1, -0.05) is 24.4 Å². The number of H-pyrrole nitrogens is 1. The third-order valence-electron chi connectivity index (χ3n) is 3.25. The second kappa shape index (κ2) is 6.99. The number of hydrogen-bond acceptors (Lipinski definition) is 3. The maximum absolute atomic E-state index is 12.0. The van der Waals surface area contributed by atoms with E-state index in [0.29, 0.717) is 22.7 Å². The first-order chi connectivity index (χ1) is 10.1. The number of aryl methyl sites for hydroxylation is 2. The Balaban J connectivity index is 1.83. The third kappa shape index (κ3) is 4.13. The fourth-order valence-corrected chi connectivity index (χ4v) is 2.15. The van der Waals surface area contributed by atoms with E-state index in [-0.39, 0.29) is 5.91 Å². The van der Waals surface area contributed by atoms with E-state index in [4.69, 9.17) is 18.0 Å². The van der Waals surface area contributed by atoms with Crippen LogP contribution in [0.15, 0.2) is 30.5 Å². The molecule has 1 heterocycles. The Labute approximate surface area is 128 Å². The molecule has 0 saturated carbocycles. The average molecular weight is 302 g/mol. The molecule has 110 valence electrons. The minimum atomic E-state index is -0.114. The van der Waals surface area contributed by atoms with Gasteiger partial charge >= 0.3 is 0 Å². The van der Waals surface area contributed by atoms with Gasteiger partial charge in [-0.25, -0.2) is 0 Å². The molecule has 0 bridgehead atoms. The molecule has 6 heteroatoms. The summed E-state index contributed by atoms with van der Waals surface area (Å²) in [6.45, 7) is 2.60. The van der Waals surface area contributed by atoms with E-state index in [2.05, 4.69) is 15.5 Å². The molecule has 1 amide bonds. The normalized spacial score (nSPS) is 10.3. The van der Waals surface area contributed by atoms with E-state index >= 15 is 0 Å². The molecule has 0 fully saturated rings. The fourth-order valence-electron chi connectivity index (χ4n) is 2.02. The number of benzene rings is 1. The van der Waals surface area contributed by atoms with Crippen LogP contribution in [0.4, 0.5) is 0 Å². The Bertz CT molecular complexity index is 651. The zero-order chi connectivity index (χ0) is 15.2. The van der Waals surface area contributed by atoms with Gasteiger partial charge in [-0.05, 0) is 37.5 Å². The van der Waals surface area contributed by atoms with Crippen molar-refractivity contribution < 1.29 is 4.79 Å². The summed E-state index contributed by atoms with van der Waals surface area (Å²) in [7, 11) is 0. The van der Waals surface area contributed by atoms with Crippen molar-refractivity contribution in [1.82, 2.24) is 15.5 Å². The van der Waals surface area contributed by atoms with Gasteiger partial charge in [-0.3, -0.25) is 9.89 Å². The van der Waals surface area contributed by atoms with E-state index in [1.807, 2.05) is 13.1 Å². The van der Waals surface area contributed by atoms with Crippen molar-refractivity contribution in [3.63, 3.8) is 0 Å². The number of rotatable bonds is 6. The monoisotopic (exact) mass is 302 g/mol. The maximum atomic E-state index is 12.0. The van der Waals surface area contributed by atoms with Crippen LogP contribution < -0.4 is 11.1 Å². The molecule has 2 aromatic rings. The molecular weight excluding hydrogens is 284 g/mol. The Hall–Kier alpha value is -2.21. The number of thiocarbonyl (C=S) groups is 1.